The molecule has 1 heterocycles. The molecule has 3 N–H and O–H groups in total. The number of nitrogens with one attached hydrogen (secondary N) is 1. The Hall–Kier alpha value is -2.46. The minimum Gasteiger partial charge on any atom is -0.478 e. The zero-order valence-electron chi connectivity index (χ0n) is 13.7. The molecule has 26 heavy (non-hydrogen) atoms. The van der Waals surface area contributed by atoms with E-state index in [1.807, 2.05) is 0 Å². The van der Waals surface area contributed by atoms with Crippen molar-refractivity contribution in [3.63, 3.8) is 0 Å². The van der Waals surface area contributed by atoms with Crippen LogP contribution < -0.4 is 5.32 Å². The number of thiazole rings is 1. The number of aromatic carboxylic acids is 1. The Kier molecular flexibility index (Phi) is 5.38. The number of carbonyl (C=O) groups is 2. The summed E-state index contributed by atoms with van der Waals surface area (Å²) in [5.41, 5.74) is -2.77. The minimum atomic E-state index is -5.12. The van der Waals surface area contributed by atoms with E-state index in [0.29, 0.717) is 16.9 Å². The number of alkyl halides is 3. The first-order valence-electron chi connectivity index (χ1n) is 7.29. The second-order valence-electron chi connectivity index (χ2n) is 5.71. The normalized spacial score (nSPS) is 13.9. The molecule has 0 aliphatic rings. The van der Waals surface area contributed by atoms with Crippen LogP contribution in [0.25, 0.3) is 0 Å². The fourth-order valence-electron chi connectivity index (χ4n) is 2.16. The minimum absolute atomic E-state index is 0.0507. The molecular formula is C16H15F3N2O4S. The molecule has 140 valence electrons. The number of anilines is 1. The van der Waals surface area contributed by atoms with Crippen LogP contribution in [0.5, 0.6) is 0 Å². The van der Waals surface area contributed by atoms with E-state index in [4.69, 9.17) is 5.11 Å². The van der Waals surface area contributed by atoms with Crippen LogP contribution in [-0.4, -0.2) is 33.2 Å². The summed E-state index contributed by atoms with van der Waals surface area (Å²) >= 11 is 0.602. The van der Waals surface area contributed by atoms with Crippen LogP contribution in [0.15, 0.2) is 23.6 Å². The van der Waals surface area contributed by atoms with Gasteiger partial charge < -0.3 is 15.5 Å². The van der Waals surface area contributed by atoms with Crippen LogP contribution >= 0.6 is 11.3 Å². The lowest BCUT2D eigenvalue weighted by Gasteiger charge is -2.28. The fourth-order valence-corrected chi connectivity index (χ4v) is 3.07. The molecule has 0 aliphatic heterocycles. The maximum absolute atomic E-state index is 13.4. The number of hydrogen-bond donors (Lipinski definition) is 3. The molecule has 2 rings (SSSR count). The van der Waals surface area contributed by atoms with Gasteiger partial charge in [0.05, 0.1) is 12.0 Å². The first-order chi connectivity index (χ1) is 11.9. The third-order valence-corrected chi connectivity index (χ3v) is 4.73. The Morgan fingerprint density at radius 1 is 1.27 bits per heavy atom. The molecule has 2 aromatic rings. The molecule has 0 bridgehead atoms. The van der Waals surface area contributed by atoms with Crippen molar-refractivity contribution in [1.29, 1.82) is 0 Å². The van der Waals surface area contributed by atoms with Crippen LogP contribution in [0.4, 0.5) is 18.9 Å². The predicted molar refractivity (Wildman–Crippen MR) is 88.2 cm³/mol. The van der Waals surface area contributed by atoms with Crippen molar-refractivity contribution in [3.05, 3.63) is 45.4 Å². The molecule has 1 aromatic carbocycles. The monoisotopic (exact) mass is 388 g/mol. The Bertz CT molecular complexity index is 850. The molecular weight excluding hydrogens is 373 g/mol. The van der Waals surface area contributed by atoms with E-state index in [2.05, 4.69) is 10.3 Å². The Labute approximate surface area is 150 Å². The SMILES string of the molecule is Cc1csc(C(O)(CC(=O)Nc2cc(C(=O)O)ccc2C)C(F)(F)F)n1. The number of nitrogens with zero attached hydrogens (tertiary/aromatic N) is 1. The highest BCUT2D eigenvalue weighted by atomic mass is 32.1. The Balaban J connectivity index is 2.29. The molecule has 0 radical (unpaired) electrons. The van der Waals surface area contributed by atoms with Crippen LogP contribution in [-0.2, 0) is 10.4 Å². The third-order valence-electron chi connectivity index (χ3n) is 3.62. The Morgan fingerprint density at radius 3 is 2.42 bits per heavy atom. The van der Waals surface area contributed by atoms with Crippen LogP contribution in [0.3, 0.4) is 0 Å². The smallest absolute Gasteiger partial charge is 0.424 e. The lowest BCUT2D eigenvalue weighted by atomic mass is 9.99. The molecule has 10 heteroatoms. The van der Waals surface area contributed by atoms with Gasteiger partial charge in [-0.1, -0.05) is 6.07 Å². The van der Waals surface area contributed by atoms with Crippen molar-refractivity contribution in [1.82, 2.24) is 4.98 Å². The molecule has 1 unspecified atom stereocenters. The van der Waals surface area contributed by atoms with Crippen molar-refractivity contribution in [3.8, 4) is 0 Å². The highest BCUT2D eigenvalue weighted by Crippen LogP contribution is 2.43. The number of rotatable bonds is 5. The van der Waals surface area contributed by atoms with Gasteiger partial charge in [0.15, 0.2) is 0 Å². The number of aryl methyl sites for hydroxylation is 2. The summed E-state index contributed by atoms with van der Waals surface area (Å²) in [6.07, 6.45) is -6.42. The summed E-state index contributed by atoms with van der Waals surface area (Å²) in [5.74, 6) is -2.37. The average Bonchev–Trinajstić information content (AvgIpc) is 2.95. The lowest BCUT2D eigenvalue weighted by Crippen LogP contribution is -2.45. The molecule has 1 atom stereocenters. The van der Waals surface area contributed by atoms with Crippen LogP contribution in [0.2, 0.25) is 0 Å². The van der Waals surface area contributed by atoms with Gasteiger partial charge in [-0.3, -0.25) is 4.79 Å². The van der Waals surface area contributed by atoms with E-state index in [-0.39, 0.29) is 16.9 Å². The summed E-state index contributed by atoms with van der Waals surface area (Å²) < 4.78 is 40.2. The fraction of sp³-hybridized carbons (Fsp3) is 0.312. The lowest BCUT2D eigenvalue weighted by molar-refractivity contribution is -0.266. The number of amides is 1. The van der Waals surface area contributed by atoms with Crippen molar-refractivity contribution in [2.24, 2.45) is 0 Å². The maximum Gasteiger partial charge on any atom is 0.424 e. The van der Waals surface area contributed by atoms with Gasteiger partial charge in [0.25, 0.3) is 0 Å². The van der Waals surface area contributed by atoms with E-state index < -0.39 is 35.1 Å². The zero-order valence-corrected chi connectivity index (χ0v) is 14.5. The van der Waals surface area contributed by atoms with Gasteiger partial charge in [-0.2, -0.15) is 13.2 Å². The number of aromatic nitrogens is 1. The van der Waals surface area contributed by atoms with Gasteiger partial charge >= 0.3 is 12.1 Å². The molecule has 0 fully saturated rings. The number of benzene rings is 1. The van der Waals surface area contributed by atoms with Gasteiger partial charge in [0.1, 0.15) is 5.01 Å². The van der Waals surface area contributed by atoms with Crippen molar-refractivity contribution in [2.75, 3.05) is 5.32 Å². The van der Waals surface area contributed by atoms with Crippen LogP contribution in [0.1, 0.15) is 33.0 Å². The number of aliphatic hydroxyl groups is 1. The summed E-state index contributed by atoms with van der Waals surface area (Å²) in [5, 5.41) is 22.1. The zero-order chi connectivity index (χ0) is 19.7. The third kappa shape index (κ3) is 4.02. The second-order valence-corrected chi connectivity index (χ2v) is 6.57. The van der Waals surface area contributed by atoms with Gasteiger partial charge in [-0.05, 0) is 31.5 Å². The molecule has 0 aliphatic carbocycles. The van der Waals surface area contributed by atoms with Crippen molar-refractivity contribution in [2.45, 2.75) is 32.0 Å². The molecule has 0 saturated heterocycles. The van der Waals surface area contributed by atoms with Gasteiger partial charge in [-0.15, -0.1) is 11.3 Å². The second kappa shape index (κ2) is 7.04. The molecule has 1 amide bonds. The molecule has 0 spiro atoms. The first-order valence-corrected chi connectivity index (χ1v) is 8.17. The van der Waals surface area contributed by atoms with Crippen molar-refractivity contribution >= 4 is 28.9 Å². The molecule has 0 saturated carbocycles. The van der Waals surface area contributed by atoms with E-state index in [1.54, 1.807) is 6.92 Å². The van der Waals surface area contributed by atoms with Gasteiger partial charge in [-0.25, -0.2) is 9.78 Å². The Morgan fingerprint density at radius 2 is 1.92 bits per heavy atom. The predicted octanol–water partition coefficient (Wildman–Crippen LogP) is 3.24. The van der Waals surface area contributed by atoms with Crippen LogP contribution in [0, 0.1) is 13.8 Å². The molecule has 6 nitrogen and oxygen atoms in total. The van der Waals surface area contributed by atoms with E-state index in [9.17, 15) is 27.9 Å². The standard InChI is InChI=1S/C16H15F3N2O4S/c1-8-3-4-10(13(23)24)5-11(8)21-12(22)6-15(25,16(17,18)19)14-20-9(2)7-26-14/h3-5,7,25H,6H2,1-2H3,(H,21,22)(H,23,24). The van der Waals surface area contributed by atoms with E-state index in [1.165, 1.54) is 24.4 Å². The average molecular weight is 388 g/mol. The molecule has 1 aromatic heterocycles. The number of halogens is 3. The highest BCUT2D eigenvalue weighted by Gasteiger charge is 2.58. The largest absolute Gasteiger partial charge is 0.478 e. The quantitative estimate of drug-likeness (QED) is 0.730. The number of hydrogen-bond acceptors (Lipinski definition) is 5. The van der Waals surface area contributed by atoms with Crippen molar-refractivity contribution < 1.29 is 33.0 Å². The maximum atomic E-state index is 13.4. The first kappa shape index (κ1) is 19.9. The number of carbonyl (C=O) groups excluding carboxylic acids is 1. The summed E-state index contributed by atoms with van der Waals surface area (Å²) in [4.78, 5) is 26.8. The topological polar surface area (TPSA) is 99.5 Å². The highest BCUT2D eigenvalue weighted by molar-refractivity contribution is 7.09. The summed E-state index contributed by atoms with van der Waals surface area (Å²) in [6.45, 7) is 3.03. The van der Waals surface area contributed by atoms with E-state index in [0.717, 1.165) is 6.07 Å². The summed E-state index contributed by atoms with van der Waals surface area (Å²) in [6, 6.07) is 3.85. The van der Waals surface area contributed by atoms with E-state index >= 15 is 0 Å². The summed E-state index contributed by atoms with van der Waals surface area (Å²) in [7, 11) is 0. The number of carboxylic acids is 1. The number of carboxylic acid groups (broad SMARTS) is 1. The van der Waals surface area contributed by atoms with Gasteiger partial charge in [0.2, 0.25) is 11.5 Å². The van der Waals surface area contributed by atoms with Gasteiger partial charge in [0, 0.05) is 16.8 Å².